The van der Waals surface area contributed by atoms with Gasteiger partial charge in [-0.3, -0.25) is 0 Å². The Balaban J connectivity index is 2.68. The normalized spacial score (nSPS) is 22.4. The van der Waals surface area contributed by atoms with Gasteiger partial charge in [-0.2, -0.15) is 5.26 Å². The van der Waals surface area contributed by atoms with Gasteiger partial charge in [0.05, 0.1) is 18.3 Å². The number of hydrogen-bond acceptors (Lipinski definition) is 5. The maximum Gasteiger partial charge on any atom is 0.410 e. The second-order valence-corrected chi connectivity index (χ2v) is 4.81. The Morgan fingerprint density at radius 2 is 2.24 bits per heavy atom. The Labute approximate surface area is 101 Å². The van der Waals surface area contributed by atoms with Gasteiger partial charge in [0.2, 0.25) is 0 Å². The van der Waals surface area contributed by atoms with E-state index in [0.717, 1.165) is 0 Å². The summed E-state index contributed by atoms with van der Waals surface area (Å²) in [4.78, 5) is 17.9. The molecule has 1 unspecified atom stereocenters. The minimum absolute atomic E-state index is 0.279. The summed E-state index contributed by atoms with van der Waals surface area (Å²) in [5.74, 6) is -0.414. The molecule has 0 spiro atoms. The molecule has 0 saturated carbocycles. The molecular weight excluding hydrogens is 222 g/mol. The Hall–Kier alpha value is -1.77. The van der Waals surface area contributed by atoms with Crippen LogP contribution in [0.2, 0.25) is 0 Å². The van der Waals surface area contributed by atoms with E-state index in [1.807, 2.05) is 0 Å². The lowest BCUT2D eigenvalue weighted by molar-refractivity contribution is 0.0296. The van der Waals surface area contributed by atoms with Crippen LogP contribution in [0.5, 0.6) is 0 Å². The lowest BCUT2D eigenvalue weighted by atomic mass is 10.1. The number of carbonyl (C=O) groups excluding carboxylic acids is 1. The Morgan fingerprint density at radius 3 is 2.71 bits per heavy atom. The van der Waals surface area contributed by atoms with E-state index < -0.39 is 17.6 Å². The first-order valence-corrected chi connectivity index (χ1v) is 5.35. The molecule has 1 atom stereocenters. The van der Waals surface area contributed by atoms with Crippen LogP contribution in [0.4, 0.5) is 4.79 Å². The molecule has 6 heteroatoms. The second kappa shape index (κ2) is 5.04. The Bertz CT molecular complexity index is 365. The van der Waals surface area contributed by atoms with Gasteiger partial charge in [0.25, 0.3) is 0 Å². The van der Waals surface area contributed by atoms with E-state index in [2.05, 4.69) is 16.1 Å². The fourth-order valence-corrected chi connectivity index (χ4v) is 1.49. The molecule has 17 heavy (non-hydrogen) atoms. The van der Waals surface area contributed by atoms with Gasteiger partial charge in [-0.15, -0.1) is 0 Å². The summed E-state index contributed by atoms with van der Waals surface area (Å²) >= 11 is 0. The number of ether oxygens (including phenoxy) is 1. The van der Waals surface area contributed by atoms with Crippen LogP contribution >= 0.6 is 0 Å². The molecule has 0 aromatic rings. The van der Waals surface area contributed by atoms with Gasteiger partial charge in [-0.05, 0) is 20.8 Å². The molecule has 0 bridgehead atoms. The van der Waals surface area contributed by atoms with Crippen molar-refractivity contribution in [1.29, 1.82) is 5.26 Å². The van der Waals surface area contributed by atoms with Gasteiger partial charge < -0.3 is 14.5 Å². The summed E-state index contributed by atoms with van der Waals surface area (Å²) in [7, 11) is 1.41. The highest BCUT2D eigenvalue weighted by Crippen LogP contribution is 2.17. The molecule has 0 aromatic carbocycles. The molecule has 0 radical (unpaired) electrons. The Morgan fingerprint density at radius 1 is 1.59 bits per heavy atom. The summed E-state index contributed by atoms with van der Waals surface area (Å²) in [6.07, 6.45) is -0.431. The van der Waals surface area contributed by atoms with E-state index in [1.165, 1.54) is 12.0 Å². The zero-order valence-corrected chi connectivity index (χ0v) is 10.6. The summed E-state index contributed by atoms with van der Waals surface area (Å²) in [5.41, 5.74) is 0.0151. The molecule has 1 amide bonds. The topological polar surface area (TPSA) is 74.9 Å². The molecule has 1 heterocycles. The number of rotatable bonds is 1. The minimum atomic E-state index is -0.541. The Kier molecular flexibility index (Phi) is 3.94. The highest BCUT2D eigenvalue weighted by atomic mass is 16.6. The number of nitriles is 1. The molecule has 1 saturated heterocycles. The lowest BCUT2D eigenvalue weighted by Gasteiger charge is -2.23. The van der Waals surface area contributed by atoms with Crippen LogP contribution in [-0.4, -0.2) is 42.5 Å². The first-order valence-electron chi connectivity index (χ1n) is 5.35. The third kappa shape index (κ3) is 3.63. The number of likely N-dealkylation sites (tertiary alicyclic amines) is 1. The van der Waals surface area contributed by atoms with E-state index in [9.17, 15) is 4.79 Å². The van der Waals surface area contributed by atoms with Gasteiger partial charge in [-0.25, -0.2) is 4.79 Å². The van der Waals surface area contributed by atoms with Gasteiger partial charge in [0.15, 0.2) is 0 Å². The first-order chi connectivity index (χ1) is 7.87. The first kappa shape index (κ1) is 13.3. The van der Waals surface area contributed by atoms with E-state index >= 15 is 0 Å². The monoisotopic (exact) mass is 239 g/mol. The van der Waals surface area contributed by atoms with E-state index in [1.54, 1.807) is 20.8 Å². The number of hydrogen-bond donors (Lipinski definition) is 0. The SMILES string of the molecule is CO/N=C1/CN(C(=O)OC(C)(C)C)CC1C#N. The minimum Gasteiger partial charge on any atom is -0.444 e. The van der Waals surface area contributed by atoms with E-state index in [-0.39, 0.29) is 6.54 Å². The van der Waals surface area contributed by atoms with E-state index in [4.69, 9.17) is 10.00 Å². The third-order valence-corrected chi connectivity index (χ3v) is 2.17. The number of nitrogens with zero attached hydrogens (tertiary/aromatic N) is 3. The maximum absolute atomic E-state index is 11.8. The van der Waals surface area contributed by atoms with Crippen LogP contribution in [0, 0.1) is 17.2 Å². The molecule has 1 aliphatic heterocycles. The summed E-state index contributed by atoms with van der Waals surface area (Å²) < 4.78 is 5.22. The van der Waals surface area contributed by atoms with Crippen molar-refractivity contribution in [3.05, 3.63) is 0 Å². The predicted molar refractivity (Wildman–Crippen MR) is 61.4 cm³/mol. The summed E-state index contributed by atoms with van der Waals surface area (Å²) in [6, 6.07) is 2.09. The summed E-state index contributed by atoms with van der Waals surface area (Å²) in [5, 5.41) is 12.7. The zero-order valence-electron chi connectivity index (χ0n) is 10.6. The average molecular weight is 239 g/mol. The van der Waals surface area contributed by atoms with Crippen molar-refractivity contribution in [2.24, 2.45) is 11.1 Å². The fraction of sp³-hybridized carbons (Fsp3) is 0.727. The van der Waals surface area contributed by atoms with Crippen LogP contribution < -0.4 is 0 Å². The number of amides is 1. The van der Waals surface area contributed by atoms with Crippen molar-refractivity contribution in [2.75, 3.05) is 20.2 Å². The van der Waals surface area contributed by atoms with Crippen LogP contribution in [0.15, 0.2) is 5.16 Å². The van der Waals surface area contributed by atoms with Crippen LogP contribution in [-0.2, 0) is 9.57 Å². The molecule has 0 N–H and O–H groups in total. The van der Waals surface area contributed by atoms with Crippen molar-refractivity contribution in [2.45, 2.75) is 26.4 Å². The number of carbonyl (C=O) groups is 1. The quantitative estimate of drug-likeness (QED) is 0.648. The molecular formula is C11H17N3O3. The van der Waals surface area contributed by atoms with Crippen LogP contribution in [0.1, 0.15) is 20.8 Å². The highest BCUT2D eigenvalue weighted by molar-refractivity contribution is 5.95. The van der Waals surface area contributed by atoms with Gasteiger partial charge in [0, 0.05) is 6.54 Å². The largest absolute Gasteiger partial charge is 0.444 e. The van der Waals surface area contributed by atoms with E-state index in [0.29, 0.717) is 12.3 Å². The fourth-order valence-electron chi connectivity index (χ4n) is 1.49. The third-order valence-electron chi connectivity index (χ3n) is 2.17. The standard InChI is InChI=1S/C11H17N3O3/c1-11(2,3)17-10(15)14-6-8(5-12)9(7-14)13-16-4/h8H,6-7H2,1-4H3/b13-9-. The van der Waals surface area contributed by atoms with Crippen LogP contribution in [0.3, 0.4) is 0 Å². The van der Waals surface area contributed by atoms with Gasteiger partial charge in [0.1, 0.15) is 18.6 Å². The number of oxime groups is 1. The van der Waals surface area contributed by atoms with Crippen molar-refractivity contribution in [1.82, 2.24) is 4.90 Å². The highest BCUT2D eigenvalue weighted by Gasteiger charge is 2.34. The predicted octanol–water partition coefficient (Wildman–Crippen LogP) is 1.38. The van der Waals surface area contributed by atoms with Gasteiger partial charge >= 0.3 is 6.09 Å². The van der Waals surface area contributed by atoms with Crippen molar-refractivity contribution >= 4 is 11.8 Å². The molecule has 1 aliphatic rings. The molecule has 94 valence electrons. The molecule has 1 rings (SSSR count). The lowest BCUT2D eigenvalue weighted by Crippen LogP contribution is -2.35. The average Bonchev–Trinajstić information content (AvgIpc) is 2.59. The molecule has 1 fully saturated rings. The molecule has 0 aliphatic carbocycles. The van der Waals surface area contributed by atoms with Crippen molar-refractivity contribution < 1.29 is 14.4 Å². The molecule has 6 nitrogen and oxygen atoms in total. The zero-order chi connectivity index (χ0) is 13.1. The van der Waals surface area contributed by atoms with Crippen LogP contribution in [0.25, 0.3) is 0 Å². The second-order valence-electron chi connectivity index (χ2n) is 4.81. The van der Waals surface area contributed by atoms with Crippen molar-refractivity contribution in [3.8, 4) is 6.07 Å². The van der Waals surface area contributed by atoms with Gasteiger partial charge in [-0.1, -0.05) is 5.16 Å². The maximum atomic E-state index is 11.8. The molecule has 0 aromatic heterocycles. The summed E-state index contributed by atoms with van der Waals surface area (Å²) in [6.45, 7) is 5.97. The smallest absolute Gasteiger partial charge is 0.410 e. The van der Waals surface area contributed by atoms with Crippen molar-refractivity contribution in [3.63, 3.8) is 0 Å².